The van der Waals surface area contributed by atoms with Crippen LogP contribution in [0.4, 0.5) is 0 Å². The van der Waals surface area contributed by atoms with E-state index in [9.17, 15) is 0 Å². The fraction of sp³-hybridized carbons (Fsp3) is 0.571. The molecule has 0 spiro atoms. The van der Waals surface area contributed by atoms with Crippen LogP contribution in [0.15, 0.2) is 18.2 Å². The van der Waals surface area contributed by atoms with Gasteiger partial charge in [-0.25, -0.2) is 0 Å². The molecule has 3 atom stereocenters. The van der Waals surface area contributed by atoms with Crippen LogP contribution in [0.3, 0.4) is 0 Å². The molecule has 1 fully saturated rings. The van der Waals surface area contributed by atoms with Crippen molar-refractivity contribution in [1.29, 1.82) is 0 Å². The summed E-state index contributed by atoms with van der Waals surface area (Å²) in [7, 11) is 3.28. The molecule has 0 amide bonds. The second kappa shape index (κ2) is 5.59. The second-order valence-corrected chi connectivity index (χ2v) is 4.74. The standard InChI is InChI=1S/C14H21NO3/c1-9-6-7-18-14(9)13(15)11-5-4-10(16-2)8-12(11)17-3/h4-5,8-9,13-14H,6-7,15H2,1-3H3. The maximum atomic E-state index is 6.31. The molecule has 1 heterocycles. The van der Waals surface area contributed by atoms with Crippen molar-refractivity contribution in [2.75, 3.05) is 20.8 Å². The summed E-state index contributed by atoms with van der Waals surface area (Å²) in [6, 6.07) is 5.55. The van der Waals surface area contributed by atoms with Gasteiger partial charge in [-0.05, 0) is 24.5 Å². The average molecular weight is 251 g/mol. The molecule has 2 rings (SSSR count). The van der Waals surface area contributed by atoms with Gasteiger partial charge in [-0.1, -0.05) is 6.92 Å². The molecule has 4 heteroatoms. The summed E-state index contributed by atoms with van der Waals surface area (Å²) in [5.41, 5.74) is 7.28. The monoisotopic (exact) mass is 251 g/mol. The van der Waals surface area contributed by atoms with Crippen LogP contribution in [0.2, 0.25) is 0 Å². The molecule has 4 nitrogen and oxygen atoms in total. The zero-order chi connectivity index (χ0) is 13.1. The third-order valence-electron chi connectivity index (χ3n) is 3.60. The molecule has 0 aliphatic carbocycles. The van der Waals surface area contributed by atoms with Crippen LogP contribution in [0, 0.1) is 5.92 Å². The van der Waals surface area contributed by atoms with E-state index in [2.05, 4.69) is 6.92 Å². The van der Waals surface area contributed by atoms with E-state index in [0.29, 0.717) is 5.92 Å². The van der Waals surface area contributed by atoms with Gasteiger partial charge in [0.2, 0.25) is 0 Å². The molecule has 3 unspecified atom stereocenters. The van der Waals surface area contributed by atoms with E-state index >= 15 is 0 Å². The van der Waals surface area contributed by atoms with Crippen molar-refractivity contribution in [3.8, 4) is 11.5 Å². The van der Waals surface area contributed by atoms with Gasteiger partial charge in [0.25, 0.3) is 0 Å². The molecular formula is C14H21NO3. The van der Waals surface area contributed by atoms with Crippen LogP contribution >= 0.6 is 0 Å². The van der Waals surface area contributed by atoms with Crippen LogP contribution in [-0.2, 0) is 4.74 Å². The minimum atomic E-state index is -0.164. The Morgan fingerprint density at radius 3 is 2.67 bits per heavy atom. The molecule has 0 saturated carbocycles. The van der Waals surface area contributed by atoms with Gasteiger partial charge >= 0.3 is 0 Å². The van der Waals surface area contributed by atoms with Crippen molar-refractivity contribution in [2.24, 2.45) is 11.7 Å². The number of nitrogens with two attached hydrogens (primary N) is 1. The first-order chi connectivity index (χ1) is 8.67. The van der Waals surface area contributed by atoms with Gasteiger partial charge in [-0.15, -0.1) is 0 Å². The normalized spacial score (nSPS) is 24.9. The van der Waals surface area contributed by atoms with E-state index in [-0.39, 0.29) is 12.1 Å². The summed E-state index contributed by atoms with van der Waals surface area (Å²) in [4.78, 5) is 0. The number of hydrogen-bond acceptors (Lipinski definition) is 4. The first-order valence-electron chi connectivity index (χ1n) is 6.26. The van der Waals surface area contributed by atoms with Gasteiger partial charge in [0.05, 0.1) is 26.4 Å². The molecule has 0 radical (unpaired) electrons. The van der Waals surface area contributed by atoms with Crippen LogP contribution < -0.4 is 15.2 Å². The Morgan fingerprint density at radius 2 is 2.11 bits per heavy atom. The van der Waals surface area contributed by atoms with Gasteiger partial charge in [0.1, 0.15) is 11.5 Å². The number of ether oxygens (including phenoxy) is 3. The number of hydrogen-bond donors (Lipinski definition) is 1. The SMILES string of the molecule is COc1ccc(C(N)C2OCCC2C)c(OC)c1. The Bertz CT molecular complexity index is 408. The van der Waals surface area contributed by atoms with Gasteiger partial charge in [-0.2, -0.15) is 0 Å². The molecule has 18 heavy (non-hydrogen) atoms. The maximum Gasteiger partial charge on any atom is 0.127 e. The van der Waals surface area contributed by atoms with Crippen LogP contribution in [0.1, 0.15) is 24.9 Å². The highest BCUT2D eigenvalue weighted by molar-refractivity contribution is 5.43. The Labute approximate surface area is 108 Å². The van der Waals surface area contributed by atoms with Crippen molar-refractivity contribution in [2.45, 2.75) is 25.5 Å². The minimum Gasteiger partial charge on any atom is -0.497 e. The Hall–Kier alpha value is -1.26. The Kier molecular flexibility index (Phi) is 4.09. The van der Waals surface area contributed by atoms with E-state index in [1.807, 2.05) is 18.2 Å². The Balaban J connectivity index is 2.26. The quantitative estimate of drug-likeness (QED) is 0.890. The molecule has 1 aliphatic heterocycles. The van der Waals surface area contributed by atoms with Crippen molar-refractivity contribution in [3.05, 3.63) is 23.8 Å². The third kappa shape index (κ3) is 2.44. The van der Waals surface area contributed by atoms with E-state index in [1.165, 1.54) is 0 Å². The van der Waals surface area contributed by atoms with Gasteiger partial charge in [0, 0.05) is 18.2 Å². The largest absolute Gasteiger partial charge is 0.497 e. The lowest BCUT2D eigenvalue weighted by atomic mass is 9.92. The lowest BCUT2D eigenvalue weighted by Gasteiger charge is -2.24. The molecule has 100 valence electrons. The zero-order valence-corrected chi connectivity index (χ0v) is 11.2. The highest BCUT2D eigenvalue weighted by Crippen LogP contribution is 2.35. The van der Waals surface area contributed by atoms with E-state index in [0.717, 1.165) is 30.1 Å². The van der Waals surface area contributed by atoms with Crippen LogP contribution in [0.5, 0.6) is 11.5 Å². The van der Waals surface area contributed by atoms with E-state index in [4.69, 9.17) is 19.9 Å². The number of rotatable bonds is 4. The minimum absolute atomic E-state index is 0.0623. The lowest BCUT2D eigenvalue weighted by Crippen LogP contribution is -2.30. The molecule has 0 aromatic heterocycles. The van der Waals surface area contributed by atoms with E-state index in [1.54, 1.807) is 14.2 Å². The third-order valence-corrected chi connectivity index (χ3v) is 3.60. The predicted octanol–water partition coefficient (Wildman–Crippen LogP) is 2.13. The maximum absolute atomic E-state index is 6.31. The lowest BCUT2D eigenvalue weighted by molar-refractivity contribution is 0.0717. The van der Waals surface area contributed by atoms with Crippen molar-refractivity contribution >= 4 is 0 Å². The zero-order valence-electron chi connectivity index (χ0n) is 11.2. The van der Waals surface area contributed by atoms with Crippen LogP contribution in [-0.4, -0.2) is 26.9 Å². The molecular weight excluding hydrogens is 230 g/mol. The summed E-state index contributed by atoms with van der Waals surface area (Å²) in [5, 5.41) is 0. The van der Waals surface area contributed by atoms with Crippen molar-refractivity contribution in [1.82, 2.24) is 0 Å². The molecule has 1 saturated heterocycles. The van der Waals surface area contributed by atoms with Gasteiger partial charge in [0.15, 0.2) is 0 Å². The number of benzene rings is 1. The molecule has 0 bridgehead atoms. The fourth-order valence-corrected chi connectivity index (χ4v) is 2.45. The fourth-order valence-electron chi connectivity index (χ4n) is 2.45. The summed E-state index contributed by atoms with van der Waals surface area (Å²) in [6.45, 7) is 2.96. The van der Waals surface area contributed by atoms with Gasteiger partial charge < -0.3 is 19.9 Å². The first kappa shape index (κ1) is 13.2. The Morgan fingerprint density at radius 1 is 1.33 bits per heavy atom. The molecule has 2 N–H and O–H groups in total. The van der Waals surface area contributed by atoms with E-state index < -0.39 is 0 Å². The average Bonchev–Trinajstić information content (AvgIpc) is 2.83. The summed E-state index contributed by atoms with van der Waals surface area (Å²) in [6.07, 6.45) is 1.13. The summed E-state index contributed by atoms with van der Waals surface area (Å²) in [5.74, 6) is 2.00. The molecule has 1 aromatic rings. The highest BCUT2D eigenvalue weighted by atomic mass is 16.5. The smallest absolute Gasteiger partial charge is 0.127 e. The summed E-state index contributed by atoms with van der Waals surface area (Å²) < 4.78 is 16.3. The predicted molar refractivity (Wildman–Crippen MR) is 70.0 cm³/mol. The second-order valence-electron chi connectivity index (χ2n) is 4.74. The molecule has 1 aliphatic rings. The van der Waals surface area contributed by atoms with Crippen molar-refractivity contribution in [3.63, 3.8) is 0 Å². The number of methoxy groups -OCH3 is 2. The van der Waals surface area contributed by atoms with Crippen molar-refractivity contribution < 1.29 is 14.2 Å². The molecule has 1 aromatic carbocycles. The highest BCUT2D eigenvalue weighted by Gasteiger charge is 2.32. The van der Waals surface area contributed by atoms with Gasteiger partial charge in [-0.3, -0.25) is 0 Å². The summed E-state index contributed by atoms with van der Waals surface area (Å²) >= 11 is 0. The first-order valence-corrected chi connectivity index (χ1v) is 6.26. The topological polar surface area (TPSA) is 53.7 Å². The van der Waals surface area contributed by atoms with Crippen LogP contribution in [0.25, 0.3) is 0 Å².